The molecule has 0 saturated heterocycles. The van der Waals surface area contributed by atoms with Crippen molar-refractivity contribution in [1.82, 2.24) is 4.72 Å². The summed E-state index contributed by atoms with van der Waals surface area (Å²) >= 11 is 18.9. The van der Waals surface area contributed by atoms with Crippen LogP contribution in [0.25, 0.3) is 0 Å². The summed E-state index contributed by atoms with van der Waals surface area (Å²) in [5.74, 6) is 0. The van der Waals surface area contributed by atoms with E-state index < -0.39 is 10.0 Å². The number of hydrogen-bond acceptors (Lipinski definition) is 5. The molecule has 0 bridgehead atoms. The number of benzene rings is 5. The molecule has 2 heterocycles. The van der Waals surface area contributed by atoms with Crippen LogP contribution < -0.4 is 20.3 Å². The zero-order chi connectivity index (χ0) is 35.1. The van der Waals surface area contributed by atoms with Gasteiger partial charge >= 0.3 is 0 Å². The third-order valence-electron chi connectivity index (χ3n) is 9.13. The number of rotatable bonds is 9. The Kier molecular flexibility index (Phi) is 13.7. The summed E-state index contributed by atoms with van der Waals surface area (Å²) < 4.78 is 27.7. The number of nitrogens with zero attached hydrogens (tertiary/aromatic N) is 2. The summed E-state index contributed by atoms with van der Waals surface area (Å²) in [4.78, 5) is 4.77. The Hall–Kier alpha value is -3.27. The fourth-order valence-electron chi connectivity index (χ4n) is 6.73. The Morgan fingerprint density at radius 3 is 1.55 bits per heavy atom. The molecule has 0 aromatic heterocycles. The summed E-state index contributed by atoms with van der Waals surface area (Å²) in [5.41, 5.74) is 15.5. The average molecular weight is 785 g/mol. The minimum Gasteiger partial charge on any atom is -0.340 e. The maximum absolute atomic E-state index is 12.5. The van der Waals surface area contributed by atoms with Gasteiger partial charge in [-0.05, 0) is 116 Å². The first-order chi connectivity index (χ1) is 24.3. The van der Waals surface area contributed by atoms with Crippen LogP contribution in [0.5, 0.6) is 0 Å². The van der Waals surface area contributed by atoms with Gasteiger partial charge in [0.05, 0.1) is 26.3 Å². The molecule has 2 aliphatic heterocycles. The quantitative estimate of drug-likeness (QED) is 0.146. The molecular formula is C40H42Cl4N4O2S. The van der Waals surface area contributed by atoms with Crippen LogP contribution >= 0.6 is 47.2 Å². The molecule has 7 rings (SSSR count). The van der Waals surface area contributed by atoms with Gasteiger partial charge in [0.1, 0.15) is 0 Å². The van der Waals surface area contributed by atoms with E-state index in [-0.39, 0.29) is 17.3 Å². The normalized spacial score (nSPS) is 13.3. The van der Waals surface area contributed by atoms with Gasteiger partial charge in [0.25, 0.3) is 0 Å². The second kappa shape index (κ2) is 18.0. The fraction of sp³-hybridized carbons (Fsp3) is 0.250. The van der Waals surface area contributed by atoms with E-state index in [4.69, 9.17) is 40.5 Å². The first-order valence-corrected chi connectivity index (χ1v) is 19.6. The smallest absolute Gasteiger partial charge is 0.240 e. The van der Waals surface area contributed by atoms with Gasteiger partial charge in [-0.3, -0.25) is 0 Å². The van der Waals surface area contributed by atoms with Gasteiger partial charge in [-0.1, -0.05) is 95.5 Å². The highest BCUT2D eigenvalue weighted by Crippen LogP contribution is 2.41. The molecule has 0 fully saturated rings. The minimum absolute atomic E-state index is 0. The van der Waals surface area contributed by atoms with Crippen LogP contribution in [0.1, 0.15) is 35.1 Å². The number of fused-ring (bicyclic) bond motifs is 4. The lowest BCUT2D eigenvalue weighted by molar-refractivity contribution is 0.579. The maximum Gasteiger partial charge on any atom is 0.240 e. The van der Waals surface area contributed by atoms with Crippen molar-refractivity contribution in [2.24, 2.45) is 5.73 Å². The van der Waals surface area contributed by atoms with Crippen molar-refractivity contribution in [2.75, 3.05) is 36.0 Å². The predicted molar refractivity (Wildman–Crippen MR) is 217 cm³/mol. The van der Waals surface area contributed by atoms with E-state index in [1.807, 2.05) is 30.3 Å². The zero-order valence-electron chi connectivity index (χ0n) is 28.2. The molecule has 11 heteroatoms. The zero-order valence-corrected chi connectivity index (χ0v) is 32.1. The third-order valence-corrected chi connectivity index (χ3v) is 11.5. The van der Waals surface area contributed by atoms with Crippen LogP contribution in [-0.2, 0) is 35.7 Å². The predicted octanol–water partition coefficient (Wildman–Crippen LogP) is 9.95. The van der Waals surface area contributed by atoms with Crippen molar-refractivity contribution in [2.45, 2.75) is 43.4 Å². The molecule has 2 aliphatic rings. The number of anilines is 4. The first-order valence-electron chi connectivity index (χ1n) is 17.0. The van der Waals surface area contributed by atoms with E-state index >= 15 is 0 Å². The van der Waals surface area contributed by atoms with Gasteiger partial charge in [0.15, 0.2) is 0 Å². The van der Waals surface area contributed by atoms with E-state index in [0.717, 1.165) is 60.7 Å². The summed E-state index contributed by atoms with van der Waals surface area (Å²) in [7, 11) is -3.57. The van der Waals surface area contributed by atoms with Gasteiger partial charge in [0.2, 0.25) is 10.0 Å². The van der Waals surface area contributed by atoms with Crippen LogP contribution in [0.2, 0.25) is 15.1 Å². The molecule has 268 valence electrons. The fourth-order valence-corrected chi connectivity index (χ4v) is 8.53. The summed E-state index contributed by atoms with van der Waals surface area (Å²) in [6, 6.07) is 35.3. The number of nitrogens with one attached hydrogen (secondary N) is 1. The van der Waals surface area contributed by atoms with Crippen LogP contribution in [0.4, 0.5) is 22.7 Å². The second-order valence-electron chi connectivity index (χ2n) is 12.4. The van der Waals surface area contributed by atoms with E-state index in [1.54, 1.807) is 12.1 Å². The molecule has 0 saturated carbocycles. The largest absolute Gasteiger partial charge is 0.340 e. The maximum atomic E-state index is 12.5. The molecule has 5 aromatic rings. The molecule has 6 nitrogen and oxygen atoms in total. The van der Waals surface area contributed by atoms with Gasteiger partial charge in [-0.2, -0.15) is 0 Å². The highest BCUT2D eigenvalue weighted by molar-refractivity contribution is 7.89. The molecule has 0 radical (unpaired) electrons. The Labute approximate surface area is 323 Å². The van der Waals surface area contributed by atoms with Crippen molar-refractivity contribution in [3.05, 3.63) is 147 Å². The van der Waals surface area contributed by atoms with E-state index in [0.29, 0.717) is 36.1 Å². The van der Waals surface area contributed by atoms with Crippen LogP contribution in [-0.4, -0.2) is 34.6 Å². The third kappa shape index (κ3) is 9.21. The molecule has 5 aromatic carbocycles. The van der Waals surface area contributed by atoms with Crippen LogP contribution in [0.15, 0.2) is 114 Å². The van der Waals surface area contributed by atoms with Crippen molar-refractivity contribution in [3.63, 3.8) is 0 Å². The minimum atomic E-state index is -3.57. The number of sulfonamides is 1. The molecular weight excluding hydrogens is 742 g/mol. The second-order valence-corrected chi connectivity index (χ2v) is 15.4. The van der Waals surface area contributed by atoms with Crippen molar-refractivity contribution < 1.29 is 8.42 Å². The lowest BCUT2D eigenvalue weighted by atomic mass is 10.0. The number of halogens is 4. The average Bonchev–Trinajstić information content (AvgIpc) is 3.39. The highest BCUT2D eigenvalue weighted by Gasteiger charge is 2.24. The summed E-state index contributed by atoms with van der Waals surface area (Å²) in [6.07, 6.45) is 5.55. The van der Waals surface area contributed by atoms with Gasteiger partial charge < -0.3 is 15.5 Å². The Morgan fingerprint density at radius 1 is 0.588 bits per heavy atom. The van der Waals surface area contributed by atoms with Gasteiger partial charge in [-0.25, -0.2) is 13.1 Å². The van der Waals surface area contributed by atoms with E-state index in [9.17, 15) is 8.42 Å². The monoisotopic (exact) mass is 782 g/mol. The SMILES string of the molecule is Cl.NCCCN1c2ccccc2CCc2cccc(Cl)c21.O=S(=O)(NCCCN1c2ccccc2CCc2cccc(Cl)c21)c1ccc(Cl)cc1. The lowest BCUT2D eigenvalue weighted by Crippen LogP contribution is -2.28. The lowest BCUT2D eigenvalue weighted by Gasteiger charge is -2.28. The molecule has 0 atom stereocenters. The number of para-hydroxylation sites is 4. The molecule has 0 spiro atoms. The van der Waals surface area contributed by atoms with Crippen LogP contribution in [0.3, 0.4) is 0 Å². The summed E-state index contributed by atoms with van der Waals surface area (Å²) in [6.45, 7) is 2.57. The van der Waals surface area contributed by atoms with Gasteiger partial charge in [0, 0.05) is 36.0 Å². The Bertz CT molecular complexity index is 2040. The van der Waals surface area contributed by atoms with E-state index in [2.05, 4.69) is 69.1 Å². The van der Waals surface area contributed by atoms with Gasteiger partial charge in [-0.15, -0.1) is 12.4 Å². The topological polar surface area (TPSA) is 78.7 Å². The molecule has 51 heavy (non-hydrogen) atoms. The summed E-state index contributed by atoms with van der Waals surface area (Å²) in [5, 5.41) is 2.05. The first kappa shape index (κ1) is 38.9. The number of nitrogens with two attached hydrogens (primary N) is 1. The molecule has 0 unspecified atom stereocenters. The molecule has 3 N–H and O–H groups in total. The van der Waals surface area contributed by atoms with Crippen molar-refractivity contribution >= 4 is 80.0 Å². The highest BCUT2D eigenvalue weighted by atomic mass is 35.5. The molecule has 0 aliphatic carbocycles. The van der Waals surface area contributed by atoms with Crippen molar-refractivity contribution in [1.29, 1.82) is 0 Å². The van der Waals surface area contributed by atoms with Crippen LogP contribution in [0, 0.1) is 0 Å². The Balaban J connectivity index is 0.000000209. The molecule has 0 amide bonds. The van der Waals surface area contributed by atoms with Crippen molar-refractivity contribution in [3.8, 4) is 0 Å². The van der Waals surface area contributed by atoms with E-state index in [1.165, 1.54) is 40.1 Å². The standard InChI is InChI=1S/C23H22Cl2N2O2S.C17H19ClN2.ClH/c24-19-11-13-20(14-12-19)30(28,29)26-15-4-16-27-22-8-2-1-5-17(22)9-10-18-6-3-7-21(25)23(18)27;18-15-7-3-6-14-10-9-13-5-1-2-8-16(13)20(17(14)15)12-4-11-19;/h1-3,5-8,11-14,26H,4,9-10,15-16H2;1-3,5-8H,4,9-12,19H2;1H. The number of hydrogen-bond donors (Lipinski definition) is 2. The Morgan fingerprint density at radius 2 is 1.04 bits per heavy atom. The number of aryl methyl sites for hydroxylation is 4.